The molecular weight excluding hydrogens is 372 g/mol. The molecule has 0 radical (unpaired) electrons. The zero-order chi connectivity index (χ0) is 21.5. The lowest BCUT2D eigenvalue weighted by Gasteiger charge is -2.44. The summed E-state index contributed by atoms with van der Waals surface area (Å²) in [5.74, 6) is 0.428. The summed E-state index contributed by atoms with van der Waals surface area (Å²) >= 11 is 0. The Morgan fingerprint density at radius 1 is 1.18 bits per heavy atom. The standard InChI is InChI=1S/C21H40N2O4Si/c1-10-22-13-15(11-17(22)24)21(27-28(8)9)12-16(19(2,3)4)14-23(21)18(25)26-20(5,6)7/h15-16,28H,10-14H2,1-9H3/t15?,16-,21-/m0/s1. The molecule has 28 heavy (non-hydrogen) atoms. The number of carbonyl (C=O) groups is 2. The van der Waals surface area contributed by atoms with Crippen LogP contribution in [-0.2, 0) is 14.0 Å². The molecule has 0 aromatic rings. The zero-order valence-electron chi connectivity index (χ0n) is 19.3. The van der Waals surface area contributed by atoms with Crippen LogP contribution in [-0.4, -0.2) is 61.8 Å². The van der Waals surface area contributed by atoms with Gasteiger partial charge in [0.25, 0.3) is 0 Å². The van der Waals surface area contributed by atoms with Gasteiger partial charge >= 0.3 is 6.09 Å². The molecule has 0 spiro atoms. The van der Waals surface area contributed by atoms with E-state index in [0.29, 0.717) is 32.0 Å². The van der Waals surface area contributed by atoms with Crippen molar-refractivity contribution in [3.05, 3.63) is 0 Å². The van der Waals surface area contributed by atoms with E-state index in [1.165, 1.54) is 0 Å². The normalized spacial score (nSPS) is 29.1. The summed E-state index contributed by atoms with van der Waals surface area (Å²) < 4.78 is 12.5. The monoisotopic (exact) mass is 412 g/mol. The number of hydrogen-bond donors (Lipinski definition) is 0. The lowest BCUT2D eigenvalue weighted by molar-refractivity contribution is -0.128. The highest BCUT2D eigenvalue weighted by Gasteiger charge is 2.59. The Bertz CT molecular complexity index is 596. The van der Waals surface area contributed by atoms with Gasteiger partial charge in [-0.15, -0.1) is 0 Å². The van der Waals surface area contributed by atoms with E-state index >= 15 is 0 Å². The lowest BCUT2D eigenvalue weighted by Crippen LogP contribution is -2.57. The highest BCUT2D eigenvalue weighted by molar-refractivity contribution is 6.48. The number of likely N-dealkylation sites (tertiary alicyclic amines) is 2. The van der Waals surface area contributed by atoms with Crippen LogP contribution in [0.25, 0.3) is 0 Å². The van der Waals surface area contributed by atoms with Crippen molar-refractivity contribution >= 4 is 21.0 Å². The van der Waals surface area contributed by atoms with Crippen LogP contribution in [0.1, 0.15) is 61.3 Å². The van der Waals surface area contributed by atoms with Gasteiger partial charge in [-0.1, -0.05) is 20.8 Å². The minimum Gasteiger partial charge on any atom is -0.444 e. The molecule has 0 bridgehead atoms. The summed E-state index contributed by atoms with van der Waals surface area (Å²) in [6.45, 7) is 20.5. The largest absolute Gasteiger partial charge is 0.444 e. The van der Waals surface area contributed by atoms with Crippen LogP contribution in [0.15, 0.2) is 0 Å². The first-order valence-corrected chi connectivity index (χ1v) is 13.4. The molecule has 162 valence electrons. The quantitative estimate of drug-likeness (QED) is 0.658. The SMILES string of the molecule is CCN1CC([C@@]2(O[SiH](C)C)C[C@H](C(C)(C)C)CN2C(=O)OC(C)(C)C)CC1=O. The maximum absolute atomic E-state index is 13.3. The van der Waals surface area contributed by atoms with E-state index in [-0.39, 0.29) is 23.3 Å². The Morgan fingerprint density at radius 3 is 2.21 bits per heavy atom. The van der Waals surface area contributed by atoms with Crippen LogP contribution in [0, 0.1) is 17.3 Å². The molecule has 2 amide bonds. The van der Waals surface area contributed by atoms with Crippen molar-refractivity contribution in [2.45, 2.75) is 85.7 Å². The average Bonchev–Trinajstić information content (AvgIpc) is 3.06. The highest BCUT2D eigenvalue weighted by Crippen LogP contribution is 2.49. The number of ether oxygens (including phenoxy) is 1. The van der Waals surface area contributed by atoms with E-state index in [2.05, 4.69) is 33.9 Å². The molecule has 2 aliphatic heterocycles. The van der Waals surface area contributed by atoms with Gasteiger partial charge in [-0.05, 0) is 58.5 Å². The molecule has 0 saturated carbocycles. The van der Waals surface area contributed by atoms with Crippen molar-refractivity contribution < 1.29 is 18.8 Å². The van der Waals surface area contributed by atoms with Gasteiger partial charge in [-0.25, -0.2) is 4.79 Å². The van der Waals surface area contributed by atoms with E-state index in [4.69, 9.17) is 9.16 Å². The first kappa shape index (κ1) is 23.2. The van der Waals surface area contributed by atoms with Gasteiger partial charge in [0, 0.05) is 32.0 Å². The van der Waals surface area contributed by atoms with Gasteiger partial charge in [0.15, 0.2) is 9.04 Å². The van der Waals surface area contributed by atoms with Crippen LogP contribution < -0.4 is 0 Å². The molecule has 2 rings (SSSR count). The maximum atomic E-state index is 13.3. The fourth-order valence-electron chi connectivity index (χ4n) is 4.41. The van der Waals surface area contributed by atoms with E-state index in [9.17, 15) is 9.59 Å². The van der Waals surface area contributed by atoms with E-state index in [1.807, 2.05) is 37.5 Å². The fraction of sp³-hybridized carbons (Fsp3) is 0.905. The minimum absolute atomic E-state index is 0.0188. The number of rotatable bonds is 4. The number of carbonyl (C=O) groups excluding carboxylic acids is 2. The first-order chi connectivity index (χ1) is 12.7. The van der Waals surface area contributed by atoms with Crippen LogP contribution >= 0.6 is 0 Å². The van der Waals surface area contributed by atoms with Gasteiger partial charge in [0.05, 0.1) is 0 Å². The average molecular weight is 413 g/mol. The second-order valence-electron chi connectivity index (χ2n) is 10.7. The van der Waals surface area contributed by atoms with Crippen LogP contribution in [0.5, 0.6) is 0 Å². The van der Waals surface area contributed by atoms with Crippen molar-refractivity contribution in [2.24, 2.45) is 17.3 Å². The van der Waals surface area contributed by atoms with Gasteiger partial charge in [-0.3, -0.25) is 9.69 Å². The maximum Gasteiger partial charge on any atom is 0.412 e. The summed E-state index contributed by atoms with van der Waals surface area (Å²) in [6.07, 6.45) is 0.873. The van der Waals surface area contributed by atoms with Gasteiger partial charge < -0.3 is 14.1 Å². The molecule has 0 aromatic carbocycles. The molecule has 7 heteroatoms. The Kier molecular flexibility index (Phi) is 6.61. The van der Waals surface area contributed by atoms with Crippen molar-refractivity contribution in [1.82, 2.24) is 9.80 Å². The third-order valence-corrected chi connectivity index (χ3v) is 6.79. The molecule has 2 fully saturated rings. The first-order valence-electron chi connectivity index (χ1n) is 10.7. The summed E-state index contributed by atoms with van der Waals surface area (Å²) in [6, 6.07) is 0. The number of nitrogens with zero attached hydrogens (tertiary/aromatic N) is 2. The molecular formula is C21H40N2O4Si. The molecule has 2 aliphatic rings. The Hall–Kier alpha value is -1.08. The van der Waals surface area contributed by atoms with E-state index in [0.717, 1.165) is 6.42 Å². The molecule has 0 aromatic heterocycles. The van der Waals surface area contributed by atoms with Crippen molar-refractivity contribution in [2.75, 3.05) is 19.6 Å². The van der Waals surface area contributed by atoms with Crippen molar-refractivity contribution in [1.29, 1.82) is 0 Å². The number of hydrogen-bond acceptors (Lipinski definition) is 4. The van der Waals surface area contributed by atoms with Crippen LogP contribution in [0.3, 0.4) is 0 Å². The molecule has 0 aliphatic carbocycles. The van der Waals surface area contributed by atoms with Gasteiger partial charge in [-0.2, -0.15) is 0 Å². The van der Waals surface area contributed by atoms with Gasteiger partial charge in [0.1, 0.15) is 11.3 Å². The van der Waals surface area contributed by atoms with Crippen LogP contribution in [0.4, 0.5) is 4.79 Å². The second-order valence-corrected chi connectivity index (χ2v) is 13.0. The number of amides is 2. The topological polar surface area (TPSA) is 59.1 Å². The predicted octanol–water partition coefficient (Wildman–Crippen LogP) is 3.85. The molecule has 2 saturated heterocycles. The summed E-state index contributed by atoms with van der Waals surface area (Å²) in [5, 5.41) is 0. The van der Waals surface area contributed by atoms with Gasteiger partial charge in [0.2, 0.25) is 5.91 Å². The Labute approximate surface area is 172 Å². The molecule has 3 atom stereocenters. The summed E-state index contributed by atoms with van der Waals surface area (Å²) in [7, 11) is -1.49. The van der Waals surface area contributed by atoms with E-state index < -0.39 is 20.4 Å². The molecule has 0 N–H and O–H groups in total. The van der Waals surface area contributed by atoms with Crippen LogP contribution in [0.2, 0.25) is 13.1 Å². The zero-order valence-corrected chi connectivity index (χ0v) is 20.4. The summed E-state index contributed by atoms with van der Waals surface area (Å²) in [4.78, 5) is 29.5. The minimum atomic E-state index is -1.49. The molecule has 1 unspecified atom stereocenters. The fourth-order valence-corrected chi connectivity index (χ4v) is 5.64. The smallest absolute Gasteiger partial charge is 0.412 e. The van der Waals surface area contributed by atoms with Crippen molar-refractivity contribution in [3.63, 3.8) is 0 Å². The Balaban J connectivity index is 2.47. The lowest BCUT2D eigenvalue weighted by atomic mass is 9.77. The molecule has 2 heterocycles. The second kappa shape index (κ2) is 7.98. The van der Waals surface area contributed by atoms with Crippen molar-refractivity contribution in [3.8, 4) is 0 Å². The Morgan fingerprint density at radius 2 is 1.79 bits per heavy atom. The van der Waals surface area contributed by atoms with E-state index in [1.54, 1.807) is 0 Å². The third kappa shape index (κ3) is 4.90. The highest BCUT2D eigenvalue weighted by atomic mass is 28.3. The summed E-state index contributed by atoms with van der Waals surface area (Å²) in [5.41, 5.74) is -1.28. The third-order valence-electron chi connectivity index (χ3n) is 5.91. The predicted molar refractivity (Wildman–Crippen MR) is 114 cm³/mol. The molecule has 6 nitrogen and oxygen atoms in total.